The molecule has 0 radical (unpaired) electrons. The minimum atomic E-state index is -0.396. The van der Waals surface area contributed by atoms with Gasteiger partial charge in [-0.25, -0.2) is 0 Å². The van der Waals surface area contributed by atoms with Crippen LogP contribution in [0.3, 0.4) is 0 Å². The van der Waals surface area contributed by atoms with Gasteiger partial charge in [-0.2, -0.15) is 0 Å². The van der Waals surface area contributed by atoms with E-state index in [1.807, 2.05) is 24.3 Å². The van der Waals surface area contributed by atoms with Crippen LogP contribution in [-0.4, -0.2) is 18.2 Å². The number of aryl methyl sites for hydroxylation is 1. The maximum Gasteiger partial charge on any atom is 0.0806 e. The first kappa shape index (κ1) is 14.6. The van der Waals surface area contributed by atoms with Crippen LogP contribution in [0.4, 0.5) is 5.69 Å². The number of para-hydroxylation sites is 1. The van der Waals surface area contributed by atoms with E-state index in [1.54, 1.807) is 0 Å². The molecule has 3 heteroatoms. The summed E-state index contributed by atoms with van der Waals surface area (Å²) in [5.41, 5.74) is 3.76. The molecule has 21 heavy (non-hydrogen) atoms. The third kappa shape index (κ3) is 3.47. The second-order valence-corrected chi connectivity index (χ2v) is 6.49. The van der Waals surface area contributed by atoms with Crippen LogP contribution in [0.15, 0.2) is 53.0 Å². The van der Waals surface area contributed by atoms with E-state index < -0.39 is 6.10 Å². The predicted octanol–water partition coefficient (Wildman–Crippen LogP) is 4.33. The van der Waals surface area contributed by atoms with Gasteiger partial charge in [-0.3, -0.25) is 0 Å². The zero-order valence-corrected chi connectivity index (χ0v) is 13.6. The molecule has 0 fully saturated rings. The molecule has 1 unspecified atom stereocenters. The molecule has 0 amide bonds. The number of fused-ring (bicyclic) bond motifs is 1. The van der Waals surface area contributed by atoms with Crippen molar-refractivity contribution in [3.05, 3.63) is 64.1 Å². The number of aliphatic hydroxyl groups excluding tert-OH is 1. The Kier molecular flexibility index (Phi) is 4.61. The molecule has 1 N–H and O–H groups in total. The molecule has 1 heterocycles. The number of rotatable bonds is 4. The van der Waals surface area contributed by atoms with Crippen LogP contribution in [0.1, 0.15) is 30.1 Å². The summed E-state index contributed by atoms with van der Waals surface area (Å²) in [4.78, 5) is 2.40. The van der Waals surface area contributed by atoms with Crippen LogP contribution < -0.4 is 4.90 Å². The third-order valence-electron chi connectivity index (χ3n) is 4.13. The summed E-state index contributed by atoms with van der Waals surface area (Å²) in [6.07, 6.45) is 2.73. The molecular weight excluding hydrogens is 326 g/mol. The number of anilines is 1. The monoisotopic (exact) mass is 345 g/mol. The molecule has 3 rings (SSSR count). The van der Waals surface area contributed by atoms with Crippen LogP contribution in [-0.2, 0) is 6.42 Å². The number of benzene rings is 2. The molecule has 1 aliphatic rings. The van der Waals surface area contributed by atoms with Crippen molar-refractivity contribution in [2.75, 3.05) is 18.0 Å². The molecule has 0 saturated carbocycles. The van der Waals surface area contributed by atoms with Gasteiger partial charge in [0.15, 0.2) is 0 Å². The van der Waals surface area contributed by atoms with Crippen molar-refractivity contribution < 1.29 is 5.11 Å². The fraction of sp³-hybridized carbons (Fsp3) is 0.333. The molecule has 2 aromatic rings. The van der Waals surface area contributed by atoms with E-state index >= 15 is 0 Å². The smallest absolute Gasteiger partial charge is 0.0806 e. The summed E-state index contributed by atoms with van der Waals surface area (Å²) in [5, 5.41) is 10.3. The van der Waals surface area contributed by atoms with E-state index in [2.05, 4.69) is 45.1 Å². The van der Waals surface area contributed by atoms with Gasteiger partial charge in [0.25, 0.3) is 0 Å². The highest BCUT2D eigenvalue weighted by molar-refractivity contribution is 9.10. The molecular formula is C18H20BrNO. The van der Waals surface area contributed by atoms with Crippen LogP contribution in [0.25, 0.3) is 0 Å². The molecule has 0 spiro atoms. The molecule has 2 aromatic carbocycles. The summed E-state index contributed by atoms with van der Waals surface area (Å²) in [6, 6.07) is 16.6. The SMILES string of the molecule is OC(CCN1CCCc2ccccc21)c1ccc(Br)cc1. The van der Waals surface area contributed by atoms with Gasteiger partial charge >= 0.3 is 0 Å². The van der Waals surface area contributed by atoms with E-state index in [-0.39, 0.29) is 0 Å². The van der Waals surface area contributed by atoms with Crippen LogP contribution in [0.5, 0.6) is 0 Å². The highest BCUT2D eigenvalue weighted by Gasteiger charge is 2.17. The Morgan fingerprint density at radius 3 is 2.67 bits per heavy atom. The van der Waals surface area contributed by atoms with Gasteiger partial charge < -0.3 is 10.0 Å². The molecule has 0 bridgehead atoms. The second kappa shape index (κ2) is 6.63. The summed E-state index contributed by atoms with van der Waals surface area (Å²) in [7, 11) is 0. The quantitative estimate of drug-likeness (QED) is 0.891. The molecule has 0 aromatic heterocycles. The predicted molar refractivity (Wildman–Crippen MR) is 90.7 cm³/mol. The standard InChI is InChI=1S/C18H20BrNO/c19-16-9-7-15(8-10-16)18(21)11-13-20-12-3-5-14-4-1-2-6-17(14)20/h1-2,4,6-10,18,21H,3,5,11-13H2. The molecule has 1 aliphatic heterocycles. The lowest BCUT2D eigenvalue weighted by atomic mass is 10.0. The molecule has 110 valence electrons. The lowest BCUT2D eigenvalue weighted by molar-refractivity contribution is 0.169. The number of halogens is 1. The van der Waals surface area contributed by atoms with E-state index in [9.17, 15) is 5.11 Å². The Morgan fingerprint density at radius 1 is 1.10 bits per heavy atom. The average molecular weight is 346 g/mol. The summed E-state index contributed by atoms with van der Waals surface area (Å²) < 4.78 is 1.04. The van der Waals surface area contributed by atoms with Crippen molar-refractivity contribution in [1.82, 2.24) is 0 Å². The minimum absolute atomic E-state index is 0.396. The fourth-order valence-electron chi connectivity index (χ4n) is 2.97. The van der Waals surface area contributed by atoms with Crippen molar-refractivity contribution in [3.8, 4) is 0 Å². The topological polar surface area (TPSA) is 23.5 Å². The Morgan fingerprint density at radius 2 is 1.86 bits per heavy atom. The first-order valence-electron chi connectivity index (χ1n) is 7.50. The van der Waals surface area contributed by atoms with Gasteiger partial charge in [0.2, 0.25) is 0 Å². The third-order valence-corrected chi connectivity index (χ3v) is 4.66. The average Bonchev–Trinajstić information content (AvgIpc) is 2.53. The highest BCUT2D eigenvalue weighted by atomic mass is 79.9. The van der Waals surface area contributed by atoms with Gasteiger partial charge in [0.05, 0.1) is 6.10 Å². The Balaban J connectivity index is 1.64. The zero-order chi connectivity index (χ0) is 14.7. The van der Waals surface area contributed by atoms with E-state index in [4.69, 9.17) is 0 Å². The van der Waals surface area contributed by atoms with Crippen LogP contribution >= 0.6 is 15.9 Å². The maximum atomic E-state index is 10.3. The molecule has 0 saturated heterocycles. The Hall–Kier alpha value is -1.32. The van der Waals surface area contributed by atoms with Crippen molar-refractivity contribution in [3.63, 3.8) is 0 Å². The van der Waals surface area contributed by atoms with Crippen molar-refractivity contribution >= 4 is 21.6 Å². The second-order valence-electron chi connectivity index (χ2n) is 5.58. The van der Waals surface area contributed by atoms with Gasteiger partial charge in [-0.1, -0.05) is 46.3 Å². The van der Waals surface area contributed by atoms with Gasteiger partial charge in [-0.15, -0.1) is 0 Å². The summed E-state index contributed by atoms with van der Waals surface area (Å²) >= 11 is 3.42. The lowest BCUT2D eigenvalue weighted by Gasteiger charge is -2.32. The van der Waals surface area contributed by atoms with Crippen LogP contribution in [0, 0.1) is 0 Å². The normalized spacial score (nSPS) is 15.6. The fourth-order valence-corrected chi connectivity index (χ4v) is 3.24. The molecule has 1 atom stereocenters. The van der Waals surface area contributed by atoms with Gasteiger partial charge in [0.1, 0.15) is 0 Å². The molecule has 0 aliphatic carbocycles. The van der Waals surface area contributed by atoms with Crippen molar-refractivity contribution in [1.29, 1.82) is 0 Å². The van der Waals surface area contributed by atoms with Gasteiger partial charge in [-0.05, 0) is 48.6 Å². The number of nitrogens with zero attached hydrogens (tertiary/aromatic N) is 1. The number of hydrogen-bond donors (Lipinski definition) is 1. The first-order chi connectivity index (χ1) is 10.2. The van der Waals surface area contributed by atoms with Crippen molar-refractivity contribution in [2.45, 2.75) is 25.4 Å². The van der Waals surface area contributed by atoms with E-state index in [0.717, 1.165) is 29.5 Å². The number of hydrogen-bond acceptors (Lipinski definition) is 2. The summed E-state index contributed by atoms with van der Waals surface area (Å²) in [6.45, 7) is 1.98. The zero-order valence-electron chi connectivity index (χ0n) is 12.0. The van der Waals surface area contributed by atoms with Crippen molar-refractivity contribution in [2.24, 2.45) is 0 Å². The van der Waals surface area contributed by atoms with Gasteiger partial charge in [0, 0.05) is 23.2 Å². The Labute approximate surface area is 134 Å². The Bertz CT molecular complexity index is 596. The van der Waals surface area contributed by atoms with E-state index in [1.165, 1.54) is 24.1 Å². The largest absolute Gasteiger partial charge is 0.388 e. The number of aliphatic hydroxyl groups is 1. The molecule has 2 nitrogen and oxygen atoms in total. The van der Waals surface area contributed by atoms with Crippen LogP contribution in [0.2, 0.25) is 0 Å². The van der Waals surface area contributed by atoms with E-state index in [0.29, 0.717) is 0 Å². The lowest BCUT2D eigenvalue weighted by Crippen LogP contribution is -2.31. The summed E-state index contributed by atoms with van der Waals surface area (Å²) in [5.74, 6) is 0. The maximum absolute atomic E-state index is 10.3. The highest BCUT2D eigenvalue weighted by Crippen LogP contribution is 2.28. The first-order valence-corrected chi connectivity index (χ1v) is 8.30. The minimum Gasteiger partial charge on any atom is -0.388 e.